The molecule has 0 radical (unpaired) electrons. The summed E-state index contributed by atoms with van der Waals surface area (Å²) in [5, 5.41) is 29.5. The van der Waals surface area contributed by atoms with E-state index in [-0.39, 0.29) is 24.6 Å². The maximum Gasteiger partial charge on any atom is 0.0689 e. The Balaban J connectivity index is -0.0000000159. The summed E-state index contributed by atoms with van der Waals surface area (Å²) < 4.78 is 34.1. The lowest BCUT2D eigenvalue weighted by atomic mass is 13.1. The molecule has 0 aromatic heterocycles. The Bertz CT molecular complexity index is 216. The van der Waals surface area contributed by atoms with E-state index < -0.39 is 20.6 Å². The van der Waals surface area contributed by atoms with Crippen molar-refractivity contribution in [3.8, 4) is 0 Å². The van der Waals surface area contributed by atoms with Crippen molar-refractivity contribution in [3.05, 3.63) is 30.6 Å². The van der Waals surface area contributed by atoms with Gasteiger partial charge in [0.05, 0.1) is 10.2 Å². The molecule has 0 amide bonds. The molecule has 0 heterocycles. The SMILES string of the molecule is O=S(=O)([O-])[O-].O=[N+]([O-])[O-].O=[N+]([O-])[O-].[NH4+].[NH4+].[NH4+].[NH4+]. The van der Waals surface area contributed by atoms with Crippen LogP contribution in [0.25, 0.3) is 0 Å². The van der Waals surface area contributed by atoms with Crippen LogP contribution in [0, 0.1) is 30.6 Å². The molecule has 0 unspecified atom stereocenters. The Morgan fingerprint density at radius 3 is 0.647 bits per heavy atom. The van der Waals surface area contributed by atoms with Crippen LogP contribution in [0.1, 0.15) is 0 Å². The van der Waals surface area contributed by atoms with E-state index in [0.717, 1.165) is 0 Å². The summed E-state index contributed by atoms with van der Waals surface area (Å²) in [5.41, 5.74) is 0. The minimum atomic E-state index is -5.17. The molecule has 0 saturated heterocycles. The monoisotopic (exact) mass is 292 g/mol. The van der Waals surface area contributed by atoms with Crippen LogP contribution in [0.15, 0.2) is 0 Å². The molecule has 0 aromatic carbocycles. The molecule has 0 aliphatic rings. The fraction of sp³-hybridized carbons (Fsp3) is 0. The molecule has 0 aliphatic heterocycles. The van der Waals surface area contributed by atoms with Crippen LogP contribution in [0.3, 0.4) is 0 Å². The molecule has 112 valence electrons. The van der Waals surface area contributed by atoms with Crippen molar-refractivity contribution in [2.75, 3.05) is 0 Å². The van der Waals surface area contributed by atoms with Gasteiger partial charge in [0.2, 0.25) is 0 Å². The molecular formula is H16N6O10S. The third kappa shape index (κ3) is 579. The molecule has 0 saturated carbocycles. The van der Waals surface area contributed by atoms with E-state index in [1.54, 1.807) is 0 Å². The van der Waals surface area contributed by atoms with E-state index in [2.05, 4.69) is 0 Å². The van der Waals surface area contributed by atoms with Gasteiger partial charge in [-0.1, -0.05) is 0 Å². The molecule has 16 nitrogen and oxygen atoms in total. The fourth-order valence-corrected chi connectivity index (χ4v) is 0. The molecule has 0 bridgehead atoms. The van der Waals surface area contributed by atoms with Gasteiger partial charge in [0.15, 0.2) is 0 Å². The van der Waals surface area contributed by atoms with Gasteiger partial charge in [-0.15, -0.1) is 0 Å². The van der Waals surface area contributed by atoms with E-state index in [0.29, 0.717) is 0 Å². The molecule has 17 heteroatoms. The van der Waals surface area contributed by atoms with Crippen molar-refractivity contribution >= 4 is 10.4 Å². The Labute approximate surface area is 94.4 Å². The first-order valence-corrected chi connectivity index (χ1v) is 3.10. The van der Waals surface area contributed by atoms with E-state index in [1.807, 2.05) is 0 Å². The first kappa shape index (κ1) is 45.7. The van der Waals surface area contributed by atoms with Gasteiger partial charge in [-0.3, -0.25) is 8.42 Å². The van der Waals surface area contributed by atoms with Gasteiger partial charge in [-0.2, -0.15) is 0 Å². The number of quaternary nitrogens is 4. The van der Waals surface area contributed by atoms with Gasteiger partial charge >= 0.3 is 0 Å². The van der Waals surface area contributed by atoms with E-state index >= 15 is 0 Å². The van der Waals surface area contributed by atoms with E-state index in [4.69, 9.17) is 48.2 Å². The van der Waals surface area contributed by atoms with Crippen LogP contribution in [-0.2, 0) is 10.4 Å². The van der Waals surface area contributed by atoms with E-state index in [1.165, 1.54) is 0 Å². The van der Waals surface area contributed by atoms with Crippen LogP contribution in [0.2, 0.25) is 0 Å². The van der Waals surface area contributed by atoms with Crippen LogP contribution in [0.5, 0.6) is 0 Å². The summed E-state index contributed by atoms with van der Waals surface area (Å²) >= 11 is 0. The first-order chi connectivity index (χ1) is 5.46. The van der Waals surface area contributed by atoms with Crippen LogP contribution in [-0.4, -0.2) is 27.7 Å². The highest BCUT2D eigenvalue weighted by Crippen LogP contribution is 1.57. The van der Waals surface area contributed by atoms with Crippen molar-refractivity contribution in [1.29, 1.82) is 0 Å². The van der Waals surface area contributed by atoms with Crippen molar-refractivity contribution in [1.82, 2.24) is 24.6 Å². The Hall–Kier alpha value is -1.89. The predicted octanol–water partition coefficient (Wildman–Crippen LogP) is -0.311. The molecule has 0 spiro atoms. The molecule has 0 aliphatic carbocycles. The topological polar surface area (TPSA) is 359 Å². The van der Waals surface area contributed by atoms with Gasteiger partial charge in [0.1, 0.15) is 0 Å². The maximum atomic E-state index is 8.52. The summed E-state index contributed by atoms with van der Waals surface area (Å²) in [6, 6.07) is 0. The highest BCUT2D eigenvalue weighted by molar-refractivity contribution is 7.79. The summed E-state index contributed by atoms with van der Waals surface area (Å²) in [6.45, 7) is 0. The second-order valence-electron chi connectivity index (χ2n) is 0.855. The zero-order chi connectivity index (χ0) is 11.7. The average molecular weight is 292 g/mol. The van der Waals surface area contributed by atoms with Crippen molar-refractivity contribution in [3.63, 3.8) is 0 Å². The average Bonchev–Trinajstić information content (AvgIpc) is 1.50. The Morgan fingerprint density at radius 1 is 0.647 bits per heavy atom. The zero-order valence-electron chi connectivity index (χ0n) is 9.39. The molecule has 0 fully saturated rings. The van der Waals surface area contributed by atoms with Crippen LogP contribution in [0.4, 0.5) is 0 Å². The van der Waals surface area contributed by atoms with Gasteiger partial charge in [0, 0.05) is 10.4 Å². The first-order valence-electron chi connectivity index (χ1n) is 1.76. The Kier molecular flexibility index (Phi) is 63.8. The predicted molar refractivity (Wildman–Crippen MR) is 55.1 cm³/mol. The normalized spacial score (nSPS) is 6.24. The van der Waals surface area contributed by atoms with Crippen molar-refractivity contribution in [2.24, 2.45) is 0 Å². The largest absolute Gasteiger partial charge is 0.759 e. The third-order valence-electron chi connectivity index (χ3n) is 0. The molecule has 16 N–H and O–H groups in total. The lowest BCUT2D eigenvalue weighted by Gasteiger charge is -2.06. The fourth-order valence-electron chi connectivity index (χ4n) is 0. The van der Waals surface area contributed by atoms with Gasteiger partial charge in [-0.25, -0.2) is 0 Å². The molecule has 0 atom stereocenters. The molecule has 17 heavy (non-hydrogen) atoms. The van der Waals surface area contributed by atoms with Crippen molar-refractivity contribution < 1.29 is 27.7 Å². The molecular weight excluding hydrogens is 276 g/mol. The number of nitrogens with zero attached hydrogens (tertiary/aromatic N) is 2. The maximum absolute atomic E-state index is 8.52. The second-order valence-corrected chi connectivity index (χ2v) is 1.67. The van der Waals surface area contributed by atoms with Gasteiger partial charge in [0.25, 0.3) is 0 Å². The van der Waals surface area contributed by atoms with Gasteiger partial charge < -0.3 is 64.4 Å². The zero-order valence-corrected chi connectivity index (χ0v) is 10.2. The summed E-state index contributed by atoms with van der Waals surface area (Å²) in [5.74, 6) is 0. The summed E-state index contributed by atoms with van der Waals surface area (Å²) in [4.78, 5) is 16.5. The minimum absolute atomic E-state index is 0. The van der Waals surface area contributed by atoms with Crippen LogP contribution < -0.4 is 24.6 Å². The van der Waals surface area contributed by atoms with Gasteiger partial charge in [-0.05, 0) is 0 Å². The highest BCUT2D eigenvalue weighted by atomic mass is 32.3. The second kappa shape index (κ2) is 23.7. The van der Waals surface area contributed by atoms with E-state index in [9.17, 15) is 0 Å². The number of hydrogen-bond acceptors (Lipinski definition) is 10. The lowest BCUT2D eigenvalue weighted by molar-refractivity contribution is -0.403. The number of hydrogen-bond donors (Lipinski definition) is 4. The molecule has 0 aromatic rings. The summed E-state index contributed by atoms with van der Waals surface area (Å²) in [7, 11) is -5.17. The minimum Gasteiger partial charge on any atom is -0.759 e. The number of rotatable bonds is 0. The smallest absolute Gasteiger partial charge is 0.0689 e. The van der Waals surface area contributed by atoms with Crippen LogP contribution >= 0.6 is 0 Å². The lowest BCUT2D eigenvalue weighted by Crippen LogP contribution is -1.91. The molecule has 0 rings (SSSR count). The standard InChI is InChI=1S/2NO3.4H3N.H2O4S/c2*2-1(3)4;;;;;1-5(2,3)4/h;;4*1H3;(H2,1,2,3,4)/q2*-1;;;;;/p+2. The Morgan fingerprint density at radius 2 is 0.647 bits per heavy atom. The quantitative estimate of drug-likeness (QED) is 0.195. The third-order valence-corrected chi connectivity index (χ3v) is 0. The highest BCUT2D eigenvalue weighted by Gasteiger charge is 1.49. The van der Waals surface area contributed by atoms with Crippen molar-refractivity contribution in [2.45, 2.75) is 0 Å². The summed E-state index contributed by atoms with van der Waals surface area (Å²) in [6.07, 6.45) is 0.